The van der Waals surface area contributed by atoms with Crippen molar-refractivity contribution in [3.8, 4) is 11.1 Å². The number of nitrogens with zero attached hydrogens (tertiary/aromatic N) is 7. The standard InChI is InChI=1S/C51H54F2N10O6S/c52-36-23-31(22-34-35(36)26-63(48-45(34)69-48)44(47(67)58-49-54-15-21-70-49)43-40-2-1-16-61(40)29-55-43)30-3-6-33(7-4-30)62-27-50(28-62)11-17-60(18-12-50)42(65)25-51(68)13-19-59(20-14-51)39-9-5-32(24-37(39)53)56-38-8-10-41(64)57-46(38)66/h3-7,9,15,21-24,29,38,44-45,48,56,68H,1-2,8,10-14,16-20,25-28H2,(H,54,58,67)(H,57,64,66)/t38-,44?,45?,48?/m0/s1. The van der Waals surface area contributed by atoms with Gasteiger partial charge in [0.15, 0.2) is 5.13 Å². The third kappa shape index (κ3) is 8.39. The van der Waals surface area contributed by atoms with Gasteiger partial charge >= 0.3 is 0 Å². The zero-order chi connectivity index (χ0) is 47.9. The molecule has 3 unspecified atom stereocenters. The van der Waals surface area contributed by atoms with Crippen LogP contribution in [0.5, 0.6) is 0 Å². The Hall–Kier alpha value is -6.28. The molecule has 0 saturated carbocycles. The Balaban J connectivity index is 0.630. The molecule has 4 amide bonds. The number of piperidine rings is 3. The van der Waals surface area contributed by atoms with Crippen molar-refractivity contribution in [3.05, 3.63) is 107 Å². The van der Waals surface area contributed by atoms with Gasteiger partial charge in [-0.15, -0.1) is 11.3 Å². The van der Waals surface area contributed by atoms with Crippen molar-refractivity contribution in [1.29, 1.82) is 0 Å². The number of imidazole rings is 1. The highest BCUT2D eigenvalue weighted by Gasteiger charge is 2.55. The number of ether oxygens (including phenoxy) is 1. The molecule has 3 aromatic carbocycles. The maximum Gasteiger partial charge on any atom is 0.249 e. The zero-order valence-corrected chi connectivity index (χ0v) is 39.4. The number of thiazole rings is 1. The maximum atomic E-state index is 16.3. The molecule has 9 heterocycles. The van der Waals surface area contributed by atoms with E-state index in [1.165, 1.54) is 17.4 Å². The van der Waals surface area contributed by atoms with Gasteiger partial charge in [-0.25, -0.2) is 18.7 Å². The average molecular weight is 973 g/mol. The van der Waals surface area contributed by atoms with Crippen molar-refractivity contribution in [1.82, 2.24) is 29.7 Å². The van der Waals surface area contributed by atoms with Gasteiger partial charge in [-0.2, -0.15) is 0 Å². The fourth-order valence-corrected chi connectivity index (χ4v) is 12.3. The number of aliphatic hydroxyl groups is 1. The smallest absolute Gasteiger partial charge is 0.249 e. The summed E-state index contributed by atoms with van der Waals surface area (Å²) in [5.74, 6) is -1.84. The number of benzene rings is 3. The first-order chi connectivity index (χ1) is 33.9. The Morgan fingerprint density at radius 1 is 0.914 bits per heavy atom. The lowest BCUT2D eigenvalue weighted by atomic mass is 9.71. The van der Waals surface area contributed by atoms with Crippen molar-refractivity contribution in [2.75, 3.05) is 59.7 Å². The monoisotopic (exact) mass is 972 g/mol. The summed E-state index contributed by atoms with van der Waals surface area (Å²) in [6.45, 7) is 4.88. The second kappa shape index (κ2) is 17.5. The highest BCUT2D eigenvalue weighted by Crippen LogP contribution is 2.52. The fourth-order valence-electron chi connectivity index (χ4n) is 11.7. The van der Waals surface area contributed by atoms with E-state index in [-0.39, 0.29) is 60.7 Å². The summed E-state index contributed by atoms with van der Waals surface area (Å²) in [4.78, 5) is 68.2. The number of nitrogens with one attached hydrogen (secondary N) is 3. The number of likely N-dealkylation sites (tertiary alicyclic amines) is 1. The van der Waals surface area contributed by atoms with Crippen molar-refractivity contribution in [3.63, 3.8) is 0 Å². The third-order valence-electron chi connectivity index (χ3n) is 15.8. The molecule has 7 aliphatic rings. The SMILES string of the molecule is O=C1CC[C@H](Nc2ccc(N3CCC(O)(CC(=O)N4CCC5(CC4)CN(c4ccc(-c6cc(F)c7c(c6)C6OC6N(C(C(=O)Nc6nccs6)c6ncn8c6CCC8)C7)cc4)C5)CC3)c(F)c2)C(=O)N1. The minimum Gasteiger partial charge on any atom is -0.389 e. The minimum atomic E-state index is -1.17. The zero-order valence-electron chi connectivity index (χ0n) is 38.5. The van der Waals surface area contributed by atoms with Gasteiger partial charge in [0.25, 0.3) is 0 Å². The number of halogens is 2. The number of imide groups is 1. The summed E-state index contributed by atoms with van der Waals surface area (Å²) in [6, 6.07) is 15.2. The van der Waals surface area contributed by atoms with Gasteiger partial charge in [0.05, 0.1) is 29.7 Å². The molecule has 16 nitrogen and oxygen atoms in total. The molecule has 364 valence electrons. The second-order valence-electron chi connectivity index (χ2n) is 20.2. The van der Waals surface area contributed by atoms with Crippen LogP contribution >= 0.6 is 11.3 Å². The van der Waals surface area contributed by atoms with Gasteiger partial charge < -0.3 is 39.7 Å². The third-order valence-corrected chi connectivity index (χ3v) is 16.5. The number of rotatable bonds is 11. The molecular formula is C51H54F2N10O6S. The Morgan fingerprint density at radius 2 is 1.71 bits per heavy atom. The van der Waals surface area contributed by atoms with E-state index in [9.17, 15) is 24.3 Å². The van der Waals surface area contributed by atoms with Gasteiger partial charge in [0, 0.05) is 98.4 Å². The van der Waals surface area contributed by atoms with Crippen LogP contribution in [0.25, 0.3) is 11.1 Å². The Bertz CT molecular complexity index is 2870. The number of fused-ring (bicyclic) bond motifs is 4. The van der Waals surface area contributed by atoms with Gasteiger partial charge in [-0.3, -0.25) is 29.4 Å². The summed E-state index contributed by atoms with van der Waals surface area (Å²) >= 11 is 1.34. The van der Waals surface area contributed by atoms with Gasteiger partial charge in [0.2, 0.25) is 23.6 Å². The molecule has 12 rings (SSSR count). The normalized spacial score (nSPS) is 23.8. The molecule has 5 saturated heterocycles. The van der Waals surface area contributed by atoms with Crippen molar-refractivity contribution >= 4 is 57.2 Å². The maximum absolute atomic E-state index is 16.3. The molecule has 0 aliphatic carbocycles. The van der Waals surface area contributed by atoms with Crippen LogP contribution in [0.2, 0.25) is 0 Å². The van der Waals surface area contributed by atoms with E-state index in [4.69, 9.17) is 9.72 Å². The van der Waals surface area contributed by atoms with Gasteiger partial charge in [0.1, 0.15) is 36.0 Å². The minimum absolute atomic E-state index is 0.0335. The van der Waals surface area contributed by atoms with Crippen molar-refractivity contribution in [2.24, 2.45) is 5.41 Å². The molecule has 0 bridgehead atoms. The largest absolute Gasteiger partial charge is 0.389 e. The highest BCUT2D eigenvalue weighted by atomic mass is 32.1. The fraction of sp³-hybridized carbons (Fsp3) is 0.451. The Kier molecular flexibility index (Phi) is 11.2. The van der Waals surface area contributed by atoms with E-state index in [2.05, 4.69) is 42.5 Å². The highest BCUT2D eigenvalue weighted by molar-refractivity contribution is 7.13. The molecule has 7 aliphatic heterocycles. The number of amides is 4. The molecular weight excluding hydrogens is 919 g/mol. The number of anilines is 4. The van der Waals surface area contributed by atoms with E-state index < -0.39 is 29.4 Å². The lowest BCUT2D eigenvalue weighted by Gasteiger charge is -2.55. The van der Waals surface area contributed by atoms with Gasteiger partial charge in [-0.1, -0.05) is 12.1 Å². The van der Waals surface area contributed by atoms with Crippen molar-refractivity contribution in [2.45, 2.75) is 101 Å². The van der Waals surface area contributed by atoms with E-state index in [0.717, 1.165) is 73.4 Å². The van der Waals surface area contributed by atoms with Crippen LogP contribution < -0.4 is 25.8 Å². The molecule has 2 aromatic heterocycles. The first-order valence-electron chi connectivity index (χ1n) is 24.4. The Labute approximate surface area is 407 Å². The molecule has 0 radical (unpaired) electrons. The van der Waals surface area contributed by atoms with Crippen LogP contribution in [-0.4, -0.2) is 110 Å². The van der Waals surface area contributed by atoms with E-state index in [1.807, 2.05) is 32.9 Å². The first kappa shape index (κ1) is 44.9. The summed E-state index contributed by atoms with van der Waals surface area (Å²) in [6.07, 6.45) is 7.51. The predicted octanol–water partition coefficient (Wildman–Crippen LogP) is 5.89. The van der Waals surface area contributed by atoms with E-state index >= 15 is 8.78 Å². The summed E-state index contributed by atoms with van der Waals surface area (Å²) in [5, 5.41) is 22.1. The first-order valence-corrected chi connectivity index (χ1v) is 25.2. The summed E-state index contributed by atoms with van der Waals surface area (Å²) in [7, 11) is 0. The molecule has 5 fully saturated rings. The predicted molar refractivity (Wildman–Crippen MR) is 257 cm³/mol. The van der Waals surface area contributed by atoms with E-state index in [1.54, 1.807) is 36.1 Å². The number of hydrogen-bond acceptors (Lipinski definition) is 13. The quantitative estimate of drug-likeness (QED) is 0.0913. The molecule has 4 N–H and O–H groups in total. The second-order valence-corrected chi connectivity index (χ2v) is 21.1. The van der Waals surface area contributed by atoms with Crippen LogP contribution in [0.15, 0.2) is 72.5 Å². The number of carbonyl (C=O) groups excluding carboxylic acids is 4. The average Bonchev–Trinajstić information content (AvgIpc) is 3.57. The molecule has 19 heteroatoms. The number of aromatic nitrogens is 3. The van der Waals surface area contributed by atoms with Crippen LogP contribution in [0, 0.1) is 17.0 Å². The molecule has 4 atom stereocenters. The summed E-state index contributed by atoms with van der Waals surface area (Å²) < 4.78 is 39.9. The number of aryl methyl sites for hydroxylation is 1. The van der Waals surface area contributed by atoms with Crippen LogP contribution in [0.1, 0.15) is 86.0 Å². The molecule has 5 aromatic rings. The van der Waals surface area contributed by atoms with Crippen LogP contribution in [0.3, 0.4) is 0 Å². The summed E-state index contributed by atoms with van der Waals surface area (Å²) in [5.41, 5.74) is 5.59. The van der Waals surface area contributed by atoms with E-state index in [0.29, 0.717) is 73.2 Å². The Morgan fingerprint density at radius 3 is 2.46 bits per heavy atom. The van der Waals surface area contributed by atoms with Gasteiger partial charge in [-0.05, 0) is 104 Å². The van der Waals surface area contributed by atoms with Crippen LogP contribution in [-0.2, 0) is 43.4 Å². The lowest BCUT2D eigenvalue weighted by Crippen LogP contribution is -2.61. The lowest BCUT2D eigenvalue weighted by molar-refractivity contribution is -0.140. The molecule has 70 heavy (non-hydrogen) atoms. The number of hydrogen-bond donors (Lipinski definition) is 4. The van der Waals surface area contributed by atoms with Crippen molar-refractivity contribution < 1.29 is 37.8 Å². The number of epoxide rings is 1. The van der Waals surface area contributed by atoms with Crippen LogP contribution in [0.4, 0.5) is 31.0 Å². The number of carbonyl (C=O) groups is 4. The topological polar surface area (TPSA) is 181 Å². The molecule has 1 spiro atoms.